The summed E-state index contributed by atoms with van der Waals surface area (Å²) in [5.41, 5.74) is 0.472. The number of aromatic nitrogens is 1. The van der Waals surface area contributed by atoms with Crippen molar-refractivity contribution in [3.63, 3.8) is 0 Å². The largest absolute Gasteiger partial charge is 0.419 e. The van der Waals surface area contributed by atoms with E-state index >= 15 is 0 Å². The van der Waals surface area contributed by atoms with Crippen LogP contribution in [-0.2, 0) is 17.1 Å². The number of nitrogens with one attached hydrogen (secondary N) is 1. The third kappa shape index (κ3) is 3.70. The summed E-state index contributed by atoms with van der Waals surface area (Å²) in [5.74, 6) is -0.495. The van der Waals surface area contributed by atoms with Crippen molar-refractivity contribution >= 4 is 21.1 Å². The second-order valence-electron chi connectivity index (χ2n) is 7.99. The molecule has 1 aliphatic carbocycles. The summed E-state index contributed by atoms with van der Waals surface area (Å²) in [6.07, 6.45) is 7.35. The Hall–Kier alpha value is -1.64. The number of aryl methyl sites for hydroxylation is 1. The molecule has 7 nitrogen and oxygen atoms in total. The van der Waals surface area contributed by atoms with Gasteiger partial charge in [-0.15, -0.1) is 0 Å². The maximum absolute atomic E-state index is 13.2. The molecule has 27 heavy (non-hydrogen) atoms. The fourth-order valence-electron chi connectivity index (χ4n) is 4.52. The van der Waals surface area contributed by atoms with Crippen LogP contribution < -0.4 is 10.5 Å². The molecule has 1 N–H and O–H groups in total. The van der Waals surface area contributed by atoms with Gasteiger partial charge in [0.1, 0.15) is 0 Å². The van der Waals surface area contributed by atoms with Crippen LogP contribution in [-0.4, -0.2) is 43.1 Å². The highest BCUT2D eigenvalue weighted by atomic mass is 32.2. The summed E-state index contributed by atoms with van der Waals surface area (Å²) in [6.45, 7) is 2.87. The van der Waals surface area contributed by atoms with Crippen LogP contribution in [0.3, 0.4) is 0 Å². The first kappa shape index (κ1) is 18.7. The quantitative estimate of drug-likeness (QED) is 0.842. The molecule has 1 saturated carbocycles. The lowest BCUT2D eigenvalue weighted by atomic mass is 9.82. The zero-order valence-electron chi connectivity index (χ0n) is 15.7. The van der Waals surface area contributed by atoms with Crippen molar-refractivity contribution in [2.24, 2.45) is 7.05 Å². The third-order valence-corrected chi connectivity index (χ3v) is 7.54. The van der Waals surface area contributed by atoms with Crippen molar-refractivity contribution in [1.82, 2.24) is 14.2 Å². The molecule has 1 aliphatic heterocycles. The lowest BCUT2D eigenvalue weighted by molar-refractivity contribution is 0.181. The third-order valence-electron chi connectivity index (χ3n) is 5.96. The van der Waals surface area contributed by atoms with E-state index in [1.165, 1.54) is 23.5 Å². The molecular formula is C19H27N3O4S. The number of hydrogen-bond acceptors (Lipinski definition) is 5. The summed E-state index contributed by atoms with van der Waals surface area (Å²) >= 11 is 0. The summed E-state index contributed by atoms with van der Waals surface area (Å²) in [7, 11) is -2.10. The maximum Gasteiger partial charge on any atom is 0.419 e. The lowest BCUT2D eigenvalue weighted by Gasteiger charge is -2.40. The van der Waals surface area contributed by atoms with E-state index < -0.39 is 21.3 Å². The maximum atomic E-state index is 13.2. The van der Waals surface area contributed by atoms with E-state index in [2.05, 4.69) is 9.62 Å². The Bertz CT molecular complexity index is 980. The molecule has 0 unspecified atom stereocenters. The van der Waals surface area contributed by atoms with Gasteiger partial charge in [-0.1, -0.05) is 19.3 Å². The van der Waals surface area contributed by atoms with Gasteiger partial charge in [0.2, 0.25) is 10.0 Å². The second kappa shape index (κ2) is 7.07. The molecule has 0 atom stereocenters. The van der Waals surface area contributed by atoms with Crippen molar-refractivity contribution in [3.05, 3.63) is 28.7 Å². The highest BCUT2D eigenvalue weighted by molar-refractivity contribution is 7.89. The lowest BCUT2D eigenvalue weighted by Crippen LogP contribution is -2.56. The molecule has 1 saturated heterocycles. The fourth-order valence-corrected chi connectivity index (χ4v) is 5.98. The molecule has 2 aliphatic rings. The molecule has 0 bridgehead atoms. The van der Waals surface area contributed by atoms with Crippen LogP contribution >= 0.6 is 0 Å². The monoisotopic (exact) mass is 393 g/mol. The molecule has 2 heterocycles. The van der Waals surface area contributed by atoms with Crippen molar-refractivity contribution in [2.75, 3.05) is 19.6 Å². The predicted molar refractivity (Wildman–Crippen MR) is 103 cm³/mol. The average Bonchev–Trinajstić information content (AvgIpc) is 3.23. The average molecular weight is 394 g/mol. The fraction of sp³-hybridized carbons (Fsp3) is 0.632. The number of benzene rings is 1. The Morgan fingerprint density at radius 2 is 1.81 bits per heavy atom. The van der Waals surface area contributed by atoms with Gasteiger partial charge in [-0.05, 0) is 50.9 Å². The van der Waals surface area contributed by atoms with Crippen LogP contribution in [0.5, 0.6) is 0 Å². The standard InChI is InChI=1S/C19H27N3O4S/c1-21-16-8-7-15(13-17(16)26-18(21)23)27(24,25)20-19(9-3-2-4-10-19)14-22-11-5-6-12-22/h7-8,13,20H,2-6,9-12,14H2,1H3. The van der Waals surface area contributed by atoms with Gasteiger partial charge in [0.05, 0.1) is 10.4 Å². The zero-order valence-corrected chi connectivity index (χ0v) is 16.6. The van der Waals surface area contributed by atoms with E-state index in [4.69, 9.17) is 4.42 Å². The Labute approximate surface area is 159 Å². The van der Waals surface area contributed by atoms with Gasteiger partial charge in [0.15, 0.2) is 5.58 Å². The minimum absolute atomic E-state index is 0.149. The van der Waals surface area contributed by atoms with Gasteiger partial charge in [0.25, 0.3) is 0 Å². The first-order valence-electron chi connectivity index (χ1n) is 9.75. The summed E-state index contributed by atoms with van der Waals surface area (Å²) in [4.78, 5) is 14.2. The van der Waals surface area contributed by atoms with Gasteiger partial charge in [-0.2, -0.15) is 0 Å². The summed E-state index contributed by atoms with van der Waals surface area (Å²) in [6, 6.07) is 4.63. The van der Waals surface area contributed by atoms with Gasteiger partial charge in [-0.3, -0.25) is 4.57 Å². The Balaban J connectivity index is 1.64. The van der Waals surface area contributed by atoms with E-state index in [0.717, 1.165) is 51.7 Å². The molecule has 148 valence electrons. The van der Waals surface area contributed by atoms with Gasteiger partial charge in [0, 0.05) is 25.2 Å². The number of sulfonamides is 1. The molecule has 4 rings (SSSR count). The van der Waals surface area contributed by atoms with Crippen LogP contribution in [0, 0.1) is 0 Å². The van der Waals surface area contributed by atoms with Gasteiger partial charge < -0.3 is 9.32 Å². The highest BCUT2D eigenvalue weighted by Gasteiger charge is 2.38. The summed E-state index contributed by atoms with van der Waals surface area (Å²) in [5, 5.41) is 0. The van der Waals surface area contributed by atoms with Crippen LogP contribution in [0.25, 0.3) is 11.1 Å². The molecule has 0 radical (unpaired) electrons. The van der Waals surface area contributed by atoms with E-state index in [0.29, 0.717) is 11.1 Å². The first-order valence-corrected chi connectivity index (χ1v) is 11.2. The molecule has 2 fully saturated rings. The Morgan fingerprint density at radius 1 is 1.11 bits per heavy atom. The summed E-state index contributed by atoms with van der Waals surface area (Å²) < 4.78 is 35.9. The molecule has 8 heteroatoms. The van der Waals surface area contributed by atoms with Gasteiger partial charge in [-0.25, -0.2) is 17.9 Å². The van der Waals surface area contributed by atoms with Crippen molar-refractivity contribution < 1.29 is 12.8 Å². The van der Waals surface area contributed by atoms with Crippen LogP contribution in [0.15, 0.2) is 32.3 Å². The molecule has 0 spiro atoms. The normalized spacial score (nSPS) is 21.1. The SMILES string of the molecule is Cn1c(=O)oc2cc(S(=O)(=O)NC3(CN4CCCC4)CCCCC3)ccc21. The smallest absolute Gasteiger partial charge is 0.408 e. The predicted octanol–water partition coefficient (Wildman–Crippen LogP) is 2.21. The van der Waals surface area contributed by atoms with Crippen molar-refractivity contribution in [1.29, 1.82) is 0 Å². The highest BCUT2D eigenvalue weighted by Crippen LogP contribution is 2.32. The number of rotatable bonds is 5. The van der Waals surface area contributed by atoms with E-state index in [1.54, 1.807) is 19.2 Å². The van der Waals surface area contributed by atoms with E-state index in [9.17, 15) is 13.2 Å². The number of likely N-dealkylation sites (tertiary alicyclic amines) is 1. The molecule has 1 aromatic carbocycles. The topological polar surface area (TPSA) is 84.5 Å². The number of fused-ring (bicyclic) bond motifs is 1. The van der Waals surface area contributed by atoms with E-state index in [1.807, 2.05) is 0 Å². The second-order valence-corrected chi connectivity index (χ2v) is 9.67. The van der Waals surface area contributed by atoms with E-state index in [-0.39, 0.29) is 4.90 Å². The van der Waals surface area contributed by atoms with Crippen molar-refractivity contribution in [3.8, 4) is 0 Å². The number of hydrogen-bond donors (Lipinski definition) is 1. The van der Waals surface area contributed by atoms with Crippen molar-refractivity contribution in [2.45, 2.75) is 55.4 Å². The molecule has 1 aromatic heterocycles. The Morgan fingerprint density at radius 3 is 2.52 bits per heavy atom. The minimum Gasteiger partial charge on any atom is -0.408 e. The van der Waals surface area contributed by atoms with Crippen LogP contribution in [0.1, 0.15) is 44.9 Å². The molecule has 2 aromatic rings. The zero-order chi connectivity index (χ0) is 19.1. The minimum atomic E-state index is -3.70. The number of nitrogens with zero attached hydrogens (tertiary/aromatic N) is 2. The number of oxazole rings is 1. The van der Waals surface area contributed by atoms with Crippen LogP contribution in [0.2, 0.25) is 0 Å². The van der Waals surface area contributed by atoms with Crippen LogP contribution in [0.4, 0.5) is 0 Å². The first-order chi connectivity index (χ1) is 12.9. The Kier molecular flexibility index (Phi) is 4.90. The molecular weight excluding hydrogens is 366 g/mol. The molecule has 0 amide bonds. The van der Waals surface area contributed by atoms with Gasteiger partial charge >= 0.3 is 5.76 Å².